The molecule has 0 N–H and O–H groups in total. The average Bonchev–Trinajstić information content (AvgIpc) is 2.31. The molecule has 2 rings (SSSR count). The van der Waals surface area contributed by atoms with E-state index in [1.165, 1.54) is 0 Å². The van der Waals surface area contributed by atoms with E-state index < -0.39 is 0 Å². The van der Waals surface area contributed by atoms with Gasteiger partial charge >= 0.3 is 0 Å². The second-order valence-electron chi connectivity index (χ2n) is 2.89. The summed E-state index contributed by atoms with van der Waals surface area (Å²) < 4.78 is 0. The summed E-state index contributed by atoms with van der Waals surface area (Å²) in [5, 5.41) is 10.9. The highest BCUT2D eigenvalue weighted by Crippen LogP contribution is 2.06. The maximum absolute atomic E-state index is 4.27. The van der Waals surface area contributed by atoms with Crippen LogP contribution in [-0.4, -0.2) is 26.1 Å². The van der Waals surface area contributed by atoms with Crippen molar-refractivity contribution in [2.75, 3.05) is 0 Å². The van der Waals surface area contributed by atoms with Crippen LogP contribution in [0.15, 0.2) is 41.7 Å². The Hall–Kier alpha value is -2.17. The summed E-state index contributed by atoms with van der Waals surface area (Å²) >= 11 is 0. The van der Waals surface area contributed by atoms with Gasteiger partial charge in [-0.05, 0) is 24.3 Å². The zero-order valence-electron chi connectivity index (χ0n) is 8.20. The number of hydrogen-bond donors (Lipinski definition) is 0. The van der Waals surface area contributed by atoms with Crippen LogP contribution in [0.4, 0.5) is 5.82 Å². The summed E-state index contributed by atoms with van der Waals surface area (Å²) in [6.07, 6.45) is 3.28. The minimum atomic E-state index is 0.535. The van der Waals surface area contributed by atoms with Crippen molar-refractivity contribution < 1.29 is 0 Å². The molecule has 0 aliphatic carbocycles. The Balaban J connectivity index is 2.29. The second kappa shape index (κ2) is 4.36. The average molecular weight is 199 g/mol. The van der Waals surface area contributed by atoms with E-state index in [9.17, 15) is 0 Å². The molecule has 0 atom stereocenters. The summed E-state index contributed by atoms with van der Waals surface area (Å²) in [4.78, 5) is 8.45. The molecule has 5 heteroatoms. The Bertz CT molecular complexity index is 452. The van der Waals surface area contributed by atoms with Gasteiger partial charge in [0, 0.05) is 12.3 Å². The van der Waals surface area contributed by atoms with E-state index in [0.29, 0.717) is 5.82 Å². The quantitative estimate of drug-likeness (QED) is 0.686. The van der Waals surface area contributed by atoms with Gasteiger partial charge in [-0.15, -0.1) is 10.2 Å². The largest absolute Gasteiger partial charge is 0.255 e. The lowest BCUT2D eigenvalue weighted by Gasteiger charge is -1.97. The van der Waals surface area contributed by atoms with Gasteiger partial charge in [-0.3, -0.25) is 4.98 Å². The zero-order chi connectivity index (χ0) is 10.5. The molecule has 0 radical (unpaired) electrons. The topological polar surface area (TPSA) is 63.9 Å². The Morgan fingerprint density at radius 3 is 2.80 bits per heavy atom. The van der Waals surface area contributed by atoms with Gasteiger partial charge in [0.1, 0.15) is 0 Å². The Morgan fingerprint density at radius 2 is 2.13 bits per heavy atom. The number of nitrogens with zero attached hydrogens (tertiary/aromatic N) is 5. The molecule has 0 spiro atoms. The van der Waals surface area contributed by atoms with Crippen molar-refractivity contribution in [2.45, 2.75) is 6.92 Å². The molecule has 0 aliphatic rings. The monoisotopic (exact) mass is 199 g/mol. The zero-order valence-corrected chi connectivity index (χ0v) is 8.20. The van der Waals surface area contributed by atoms with Crippen molar-refractivity contribution in [1.82, 2.24) is 20.4 Å². The molecule has 0 bridgehead atoms. The molecule has 0 aromatic carbocycles. The molecule has 0 fully saturated rings. The van der Waals surface area contributed by atoms with Crippen LogP contribution in [-0.2, 0) is 0 Å². The minimum Gasteiger partial charge on any atom is -0.255 e. The van der Waals surface area contributed by atoms with Gasteiger partial charge in [0.2, 0.25) is 0 Å². The SMILES string of the molecule is CC(=Nc1ccnnn1)c1ccccn1. The first-order valence-corrected chi connectivity index (χ1v) is 4.47. The molecule has 2 aromatic rings. The maximum Gasteiger partial charge on any atom is 0.178 e. The van der Waals surface area contributed by atoms with E-state index in [2.05, 4.69) is 25.4 Å². The highest BCUT2D eigenvalue weighted by molar-refractivity contribution is 5.98. The van der Waals surface area contributed by atoms with Gasteiger partial charge in [-0.2, -0.15) is 0 Å². The lowest BCUT2D eigenvalue weighted by molar-refractivity contribution is 0.865. The van der Waals surface area contributed by atoms with Crippen LogP contribution in [0.1, 0.15) is 12.6 Å². The number of pyridine rings is 1. The summed E-state index contributed by atoms with van der Waals surface area (Å²) in [6.45, 7) is 1.88. The maximum atomic E-state index is 4.27. The van der Waals surface area contributed by atoms with Crippen LogP contribution in [0.25, 0.3) is 0 Å². The van der Waals surface area contributed by atoms with Crippen molar-refractivity contribution in [1.29, 1.82) is 0 Å². The van der Waals surface area contributed by atoms with Gasteiger partial charge in [0.05, 0.1) is 17.6 Å². The smallest absolute Gasteiger partial charge is 0.178 e. The highest BCUT2D eigenvalue weighted by Gasteiger charge is 1.98. The molecule has 0 unspecified atom stereocenters. The number of aliphatic imine (C=N–C) groups is 1. The third-order valence-corrected chi connectivity index (χ3v) is 1.81. The minimum absolute atomic E-state index is 0.535. The summed E-state index contributed by atoms with van der Waals surface area (Å²) in [7, 11) is 0. The Morgan fingerprint density at radius 1 is 1.20 bits per heavy atom. The van der Waals surface area contributed by atoms with Crippen LogP contribution in [0.2, 0.25) is 0 Å². The number of rotatable bonds is 2. The molecular weight excluding hydrogens is 190 g/mol. The Kier molecular flexibility index (Phi) is 2.73. The number of aromatic nitrogens is 4. The second-order valence-corrected chi connectivity index (χ2v) is 2.89. The lowest BCUT2D eigenvalue weighted by atomic mass is 10.2. The number of hydrogen-bond acceptors (Lipinski definition) is 5. The van der Waals surface area contributed by atoms with Crippen LogP contribution in [0.5, 0.6) is 0 Å². The van der Waals surface area contributed by atoms with E-state index in [4.69, 9.17) is 0 Å². The van der Waals surface area contributed by atoms with E-state index in [-0.39, 0.29) is 0 Å². The molecule has 0 saturated carbocycles. The first kappa shape index (κ1) is 9.39. The van der Waals surface area contributed by atoms with Crippen molar-refractivity contribution in [2.24, 2.45) is 4.99 Å². The predicted molar refractivity (Wildman–Crippen MR) is 55.9 cm³/mol. The first-order chi connectivity index (χ1) is 7.36. The summed E-state index contributed by atoms with van der Waals surface area (Å²) in [5.41, 5.74) is 1.63. The standard InChI is InChI=1S/C10H9N5/c1-8(9-4-2-3-6-11-9)13-10-5-7-12-15-14-10/h2-7H,1H3. The van der Waals surface area contributed by atoms with Gasteiger partial charge in [-0.25, -0.2) is 4.99 Å². The normalized spacial score (nSPS) is 11.4. The predicted octanol–water partition coefficient (Wildman–Crippen LogP) is 1.41. The first-order valence-electron chi connectivity index (χ1n) is 4.47. The van der Waals surface area contributed by atoms with Crippen molar-refractivity contribution >= 4 is 11.5 Å². The molecule has 2 heterocycles. The van der Waals surface area contributed by atoms with Gasteiger partial charge in [0.25, 0.3) is 0 Å². The van der Waals surface area contributed by atoms with Crippen LogP contribution >= 0.6 is 0 Å². The lowest BCUT2D eigenvalue weighted by Crippen LogP contribution is -1.97. The molecule has 2 aromatic heterocycles. The molecule has 74 valence electrons. The van der Waals surface area contributed by atoms with E-state index >= 15 is 0 Å². The fourth-order valence-electron chi connectivity index (χ4n) is 1.10. The van der Waals surface area contributed by atoms with E-state index in [1.807, 2.05) is 25.1 Å². The van der Waals surface area contributed by atoms with Gasteiger partial charge in [0.15, 0.2) is 5.82 Å². The van der Waals surface area contributed by atoms with Crippen molar-refractivity contribution in [3.05, 3.63) is 42.4 Å². The molecule has 0 aliphatic heterocycles. The fourth-order valence-corrected chi connectivity index (χ4v) is 1.10. The van der Waals surface area contributed by atoms with Crippen molar-refractivity contribution in [3.63, 3.8) is 0 Å². The molecule has 5 nitrogen and oxygen atoms in total. The third-order valence-electron chi connectivity index (χ3n) is 1.81. The third kappa shape index (κ3) is 2.40. The van der Waals surface area contributed by atoms with Crippen LogP contribution in [0.3, 0.4) is 0 Å². The molecule has 0 amide bonds. The summed E-state index contributed by atoms with van der Waals surface area (Å²) in [5.74, 6) is 0.535. The fraction of sp³-hybridized carbons (Fsp3) is 0.100. The van der Waals surface area contributed by atoms with Gasteiger partial charge < -0.3 is 0 Å². The summed E-state index contributed by atoms with van der Waals surface area (Å²) in [6, 6.07) is 7.37. The van der Waals surface area contributed by atoms with Crippen molar-refractivity contribution in [3.8, 4) is 0 Å². The van der Waals surface area contributed by atoms with E-state index in [0.717, 1.165) is 11.4 Å². The highest BCUT2D eigenvalue weighted by atomic mass is 15.3. The van der Waals surface area contributed by atoms with E-state index in [1.54, 1.807) is 18.5 Å². The molecule has 15 heavy (non-hydrogen) atoms. The van der Waals surface area contributed by atoms with Gasteiger partial charge in [-0.1, -0.05) is 6.07 Å². The van der Waals surface area contributed by atoms with Crippen LogP contribution < -0.4 is 0 Å². The Labute approximate surface area is 86.9 Å². The van der Waals surface area contributed by atoms with Crippen LogP contribution in [0, 0.1) is 0 Å². The molecular formula is C10H9N5. The molecule has 0 saturated heterocycles.